The summed E-state index contributed by atoms with van der Waals surface area (Å²) < 4.78 is 47.3. The van der Waals surface area contributed by atoms with E-state index in [1.54, 1.807) is 0 Å². The summed E-state index contributed by atoms with van der Waals surface area (Å²) in [7, 11) is 2.49. The Morgan fingerprint density at radius 1 is 1.25 bits per heavy atom. The van der Waals surface area contributed by atoms with Crippen molar-refractivity contribution in [1.82, 2.24) is 9.88 Å². The smallest absolute Gasteiger partial charge is 0.433 e. The number of rotatable bonds is 2. The maximum atomic E-state index is 12.6. The van der Waals surface area contributed by atoms with Gasteiger partial charge in [0.2, 0.25) is 0 Å². The van der Waals surface area contributed by atoms with Gasteiger partial charge in [0.25, 0.3) is 0 Å². The number of likely N-dealkylation sites (tertiary alicyclic amines) is 1. The van der Waals surface area contributed by atoms with E-state index in [-0.39, 0.29) is 13.0 Å². The molecule has 1 aromatic rings. The van der Waals surface area contributed by atoms with Gasteiger partial charge in [-0.1, -0.05) is 6.07 Å². The Bertz CT molecular complexity index is 604. The number of carbonyl (C=O) groups excluding carboxylic acids is 2. The van der Waals surface area contributed by atoms with Crippen molar-refractivity contribution in [1.29, 1.82) is 0 Å². The number of ether oxygens (including phenoxy) is 2. The van der Waals surface area contributed by atoms with Crippen molar-refractivity contribution >= 4 is 12.1 Å². The molecular weight excluding hydrogens is 329 g/mol. The fraction of sp³-hybridized carbons (Fsp3) is 0.533. The van der Waals surface area contributed by atoms with E-state index >= 15 is 0 Å². The molecule has 1 amide bonds. The van der Waals surface area contributed by atoms with Gasteiger partial charge in [-0.15, -0.1) is 0 Å². The summed E-state index contributed by atoms with van der Waals surface area (Å²) in [6.07, 6.45) is -3.45. The second-order valence-corrected chi connectivity index (χ2v) is 5.40. The molecule has 1 saturated heterocycles. The topological polar surface area (TPSA) is 68.7 Å². The SMILES string of the molecule is COC(=O)C1CCN(C(=O)OC)C(c2ccc(C(F)(F)F)nc2)C1. The predicted octanol–water partition coefficient (Wildman–Crippen LogP) is 2.79. The summed E-state index contributed by atoms with van der Waals surface area (Å²) in [5.74, 6) is -0.854. The van der Waals surface area contributed by atoms with E-state index in [1.165, 1.54) is 25.2 Å². The normalized spacial score (nSPS) is 21.3. The van der Waals surface area contributed by atoms with E-state index < -0.39 is 35.9 Å². The number of amides is 1. The van der Waals surface area contributed by atoms with Gasteiger partial charge in [0.1, 0.15) is 5.69 Å². The van der Waals surface area contributed by atoms with Crippen LogP contribution in [-0.4, -0.2) is 42.7 Å². The minimum absolute atomic E-state index is 0.231. The standard InChI is InChI=1S/C15H17F3N2O4/c1-23-13(21)9-5-6-20(14(22)24-2)11(7-9)10-3-4-12(19-8-10)15(16,17)18/h3-4,8-9,11H,5-7H2,1-2H3. The van der Waals surface area contributed by atoms with Crippen molar-refractivity contribution in [3.05, 3.63) is 29.6 Å². The van der Waals surface area contributed by atoms with Crippen LogP contribution >= 0.6 is 0 Å². The first-order chi connectivity index (χ1) is 11.3. The molecule has 1 aliphatic rings. The van der Waals surface area contributed by atoms with E-state index in [2.05, 4.69) is 4.98 Å². The van der Waals surface area contributed by atoms with Crippen molar-refractivity contribution in [2.45, 2.75) is 25.1 Å². The van der Waals surface area contributed by atoms with Crippen LogP contribution < -0.4 is 0 Å². The third kappa shape index (κ3) is 3.77. The lowest BCUT2D eigenvalue weighted by Crippen LogP contribution is -2.42. The average molecular weight is 346 g/mol. The Morgan fingerprint density at radius 3 is 2.46 bits per heavy atom. The first kappa shape index (κ1) is 18.0. The van der Waals surface area contributed by atoms with Crippen molar-refractivity contribution in [2.24, 2.45) is 5.92 Å². The maximum absolute atomic E-state index is 12.6. The molecule has 0 bridgehead atoms. The Kier molecular flexibility index (Phi) is 5.30. The molecule has 6 nitrogen and oxygen atoms in total. The highest BCUT2D eigenvalue weighted by Crippen LogP contribution is 2.36. The molecule has 2 rings (SSSR count). The van der Waals surface area contributed by atoms with E-state index in [4.69, 9.17) is 9.47 Å². The quantitative estimate of drug-likeness (QED) is 0.770. The number of hydrogen-bond donors (Lipinski definition) is 0. The zero-order valence-corrected chi connectivity index (χ0v) is 13.2. The van der Waals surface area contributed by atoms with E-state index in [9.17, 15) is 22.8 Å². The van der Waals surface area contributed by atoms with Crippen LogP contribution in [0.2, 0.25) is 0 Å². The summed E-state index contributed by atoms with van der Waals surface area (Å²) in [5.41, 5.74) is -0.613. The van der Waals surface area contributed by atoms with Crippen LogP contribution in [0.1, 0.15) is 30.1 Å². The second kappa shape index (κ2) is 7.06. The molecule has 0 radical (unpaired) electrons. The van der Waals surface area contributed by atoms with Gasteiger partial charge in [-0.2, -0.15) is 13.2 Å². The van der Waals surface area contributed by atoms with Crippen LogP contribution in [-0.2, 0) is 20.4 Å². The number of aromatic nitrogens is 1. The lowest BCUT2D eigenvalue weighted by Gasteiger charge is -2.37. The molecule has 0 spiro atoms. The van der Waals surface area contributed by atoms with Crippen molar-refractivity contribution < 1.29 is 32.2 Å². The van der Waals surface area contributed by atoms with Crippen molar-refractivity contribution in [2.75, 3.05) is 20.8 Å². The molecule has 0 saturated carbocycles. The van der Waals surface area contributed by atoms with Crippen molar-refractivity contribution in [3.8, 4) is 0 Å². The van der Waals surface area contributed by atoms with Gasteiger partial charge in [-0.3, -0.25) is 9.78 Å². The molecule has 1 aromatic heterocycles. The molecule has 132 valence electrons. The number of carbonyl (C=O) groups is 2. The zero-order chi connectivity index (χ0) is 17.9. The second-order valence-electron chi connectivity index (χ2n) is 5.40. The summed E-state index contributed by atoms with van der Waals surface area (Å²) >= 11 is 0. The van der Waals surface area contributed by atoms with Gasteiger partial charge in [-0.25, -0.2) is 4.79 Å². The molecule has 9 heteroatoms. The molecule has 2 heterocycles. The Morgan fingerprint density at radius 2 is 1.96 bits per heavy atom. The van der Waals surface area contributed by atoms with Gasteiger partial charge >= 0.3 is 18.2 Å². The molecule has 24 heavy (non-hydrogen) atoms. The third-order valence-corrected chi connectivity index (χ3v) is 4.01. The van der Waals surface area contributed by atoms with Gasteiger partial charge in [0.15, 0.2) is 0 Å². The van der Waals surface area contributed by atoms with Gasteiger partial charge < -0.3 is 14.4 Å². The van der Waals surface area contributed by atoms with Crippen molar-refractivity contribution in [3.63, 3.8) is 0 Å². The Hall–Kier alpha value is -2.32. The summed E-state index contributed by atoms with van der Waals surface area (Å²) in [6, 6.07) is 1.51. The number of piperidine rings is 1. The van der Waals surface area contributed by atoms with Crippen LogP contribution in [0.3, 0.4) is 0 Å². The number of methoxy groups -OCH3 is 2. The number of pyridine rings is 1. The minimum atomic E-state index is -4.54. The number of halogens is 3. The number of alkyl halides is 3. The molecule has 0 aliphatic carbocycles. The third-order valence-electron chi connectivity index (χ3n) is 4.01. The summed E-state index contributed by atoms with van der Waals surface area (Å²) in [5, 5.41) is 0. The number of nitrogens with zero attached hydrogens (tertiary/aromatic N) is 2. The molecular formula is C15H17F3N2O4. The zero-order valence-electron chi connectivity index (χ0n) is 13.2. The van der Waals surface area contributed by atoms with E-state index in [0.717, 1.165) is 12.3 Å². The maximum Gasteiger partial charge on any atom is 0.433 e. The largest absolute Gasteiger partial charge is 0.469 e. The van der Waals surface area contributed by atoms with Gasteiger partial charge in [0.05, 0.1) is 26.2 Å². The van der Waals surface area contributed by atoms with Crippen LogP contribution in [0.5, 0.6) is 0 Å². The van der Waals surface area contributed by atoms with E-state index in [1.807, 2.05) is 0 Å². The molecule has 1 aliphatic heterocycles. The fourth-order valence-electron chi connectivity index (χ4n) is 2.77. The Labute approximate surface area is 136 Å². The first-order valence-electron chi connectivity index (χ1n) is 7.23. The number of esters is 1. The molecule has 2 unspecified atom stereocenters. The first-order valence-corrected chi connectivity index (χ1v) is 7.23. The monoisotopic (exact) mass is 346 g/mol. The van der Waals surface area contributed by atoms with Crippen LogP contribution in [0.25, 0.3) is 0 Å². The fourth-order valence-corrected chi connectivity index (χ4v) is 2.77. The lowest BCUT2D eigenvalue weighted by molar-refractivity contribution is -0.147. The highest BCUT2D eigenvalue weighted by atomic mass is 19.4. The van der Waals surface area contributed by atoms with Gasteiger partial charge in [-0.05, 0) is 24.5 Å². The molecule has 0 N–H and O–H groups in total. The van der Waals surface area contributed by atoms with Crippen LogP contribution in [0.4, 0.5) is 18.0 Å². The molecule has 1 fully saturated rings. The number of hydrogen-bond acceptors (Lipinski definition) is 5. The molecule has 2 atom stereocenters. The summed E-state index contributed by atoms with van der Waals surface area (Å²) in [6.45, 7) is 0.234. The van der Waals surface area contributed by atoms with Crippen LogP contribution in [0, 0.1) is 5.92 Å². The van der Waals surface area contributed by atoms with E-state index in [0.29, 0.717) is 12.0 Å². The average Bonchev–Trinajstić information content (AvgIpc) is 2.59. The highest BCUT2D eigenvalue weighted by molar-refractivity contribution is 5.74. The predicted molar refractivity (Wildman–Crippen MR) is 75.8 cm³/mol. The minimum Gasteiger partial charge on any atom is -0.469 e. The molecule has 0 aromatic carbocycles. The summed E-state index contributed by atoms with van der Waals surface area (Å²) in [4.78, 5) is 28.5. The lowest BCUT2D eigenvalue weighted by atomic mass is 9.88. The van der Waals surface area contributed by atoms with Crippen LogP contribution in [0.15, 0.2) is 18.3 Å². The highest BCUT2D eigenvalue weighted by Gasteiger charge is 2.38. The van der Waals surface area contributed by atoms with Gasteiger partial charge in [0, 0.05) is 12.7 Å². The Balaban J connectivity index is 2.29.